The van der Waals surface area contributed by atoms with Crippen LogP contribution < -0.4 is 9.47 Å². The summed E-state index contributed by atoms with van der Waals surface area (Å²) in [5.41, 5.74) is 0. The van der Waals surface area contributed by atoms with Crippen molar-refractivity contribution in [2.45, 2.75) is 27.2 Å². The zero-order valence-corrected chi connectivity index (χ0v) is 10.7. The lowest BCUT2D eigenvalue weighted by Gasteiger charge is -2.12. The molecule has 0 saturated carbocycles. The van der Waals surface area contributed by atoms with Gasteiger partial charge in [-0.2, -0.15) is 0 Å². The van der Waals surface area contributed by atoms with E-state index in [1.165, 1.54) is 0 Å². The lowest BCUT2D eigenvalue weighted by molar-refractivity contribution is -0.124. The second kappa shape index (κ2) is 6.94. The van der Waals surface area contributed by atoms with Gasteiger partial charge in [-0.15, -0.1) is 0 Å². The predicted molar refractivity (Wildman–Crippen MR) is 67.6 cm³/mol. The molecule has 17 heavy (non-hydrogen) atoms. The summed E-state index contributed by atoms with van der Waals surface area (Å²) in [5.74, 6) is 1.49. The van der Waals surface area contributed by atoms with Gasteiger partial charge < -0.3 is 9.47 Å². The molecule has 0 aliphatic rings. The van der Waals surface area contributed by atoms with Crippen LogP contribution in [0.1, 0.15) is 27.2 Å². The first-order valence-corrected chi connectivity index (χ1v) is 6.06. The van der Waals surface area contributed by atoms with E-state index in [0.717, 1.165) is 6.42 Å². The van der Waals surface area contributed by atoms with E-state index >= 15 is 0 Å². The molecule has 0 radical (unpaired) electrons. The van der Waals surface area contributed by atoms with Crippen molar-refractivity contribution >= 4 is 5.78 Å². The van der Waals surface area contributed by atoms with Crippen LogP contribution in [0.4, 0.5) is 0 Å². The van der Waals surface area contributed by atoms with E-state index in [2.05, 4.69) is 0 Å². The molecular weight excluding hydrogens is 216 g/mol. The average Bonchev–Trinajstić information content (AvgIpc) is 2.36. The van der Waals surface area contributed by atoms with Crippen molar-refractivity contribution in [3.63, 3.8) is 0 Å². The van der Waals surface area contributed by atoms with Crippen LogP contribution in [-0.2, 0) is 4.79 Å². The van der Waals surface area contributed by atoms with Crippen LogP contribution in [0.25, 0.3) is 0 Å². The molecule has 0 aliphatic heterocycles. The fraction of sp³-hybridized carbons (Fsp3) is 0.500. The number of ketones is 1. The van der Waals surface area contributed by atoms with Gasteiger partial charge in [0.15, 0.2) is 17.3 Å². The topological polar surface area (TPSA) is 35.5 Å². The molecule has 0 saturated heterocycles. The van der Waals surface area contributed by atoms with Crippen LogP contribution in [0.5, 0.6) is 11.5 Å². The highest BCUT2D eigenvalue weighted by Crippen LogP contribution is 2.26. The Morgan fingerprint density at radius 1 is 1.18 bits per heavy atom. The summed E-state index contributed by atoms with van der Waals surface area (Å²) in [6.45, 7) is 6.52. The Morgan fingerprint density at radius 2 is 1.76 bits per heavy atom. The number of benzene rings is 1. The minimum atomic E-state index is 0.0502. The van der Waals surface area contributed by atoms with Gasteiger partial charge in [-0.05, 0) is 25.5 Å². The number of hydrogen-bond acceptors (Lipinski definition) is 3. The number of para-hydroxylation sites is 2. The van der Waals surface area contributed by atoms with Crippen molar-refractivity contribution in [3.8, 4) is 11.5 Å². The molecule has 1 unspecified atom stereocenters. The third kappa shape index (κ3) is 4.10. The van der Waals surface area contributed by atoms with Gasteiger partial charge in [0.25, 0.3) is 0 Å². The van der Waals surface area contributed by atoms with Crippen molar-refractivity contribution < 1.29 is 14.3 Å². The molecule has 1 aromatic carbocycles. The highest BCUT2D eigenvalue weighted by atomic mass is 16.5. The van der Waals surface area contributed by atoms with Crippen LogP contribution in [0.2, 0.25) is 0 Å². The zero-order valence-electron chi connectivity index (χ0n) is 10.7. The molecule has 0 fully saturated rings. The summed E-state index contributed by atoms with van der Waals surface area (Å²) < 4.78 is 10.9. The van der Waals surface area contributed by atoms with Gasteiger partial charge in [-0.3, -0.25) is 4.79 Å². The zero-order chi connectivity index (χ0) is 12.7. The Labute approximate surface area is 103 Å². The maximum absolute atomic E-state index is 11.7. The summed E-state index contributed by atoms with van der Waals surface area (Å²) in [7, 11) is 0. The molecule has 0 heterocycles. The number of Topliss-reactive ketones (excluding diaryl/α,β-unsaturated/α-hetero) is 1. The van der Waals surface area contributed by atoms with Gasteiger partial charge in [0, 0.05) is 5.92 Å². The first kappa shape index (κ1) is 13.6. The van der Waals surface area contributed by atoms with Gasteiger partial charge >= 0.3 is 0 Å². The van der Waals surface area contributed by atoms with Crippen molar-refractivity contribution in [1.82, 2.24) is 0 Å². The van der Waals surface area contributed by atoms with Crippen LogP contribution in [0.15, 0.2) is 24.3 Å². The average molecular weight is 236 g/mol. The van der Waals surface area contributed by atoms with Crippen LogP contribution in [0.3, 0.4) is 0 Å². The molecule has 1 aromatic rings. The smallest absolute Gasteiger partial charge is 0.172 e. The Kier molecular flexibility index (Phi) is 5.53. The monoisotopic (exact) mass is 236 g/mol. The molecule has 1 atom stereocenters. The molecule has 3 nitrogen and oxygen atoms in total. The van der Waals surface area contributed by atoms with Gasteiger partial charge in [-0.1, -0.05) is 26.0 Å². The molecule has 0 amide bonds. The standard InChI is InChI=1S/C14H20O3/c1-4-11(3)12(15)10-17-14-9-7-6-8-13(14)16-5-2/h6-9,11H,4-5,10H2,1-3H3. The Balaban J connectivity index is 2.59. The van der Waals surface area contributed by atoms with E-state index in [1.807, 2.05) is 45.0 Å². The molecule has 3 heteroatoms. The molecule has 1 rings (SSSR count). The summed E-state index contributed by atoms with van der Waals surface area (Å²) in [6.07, 6.45) is 0.843. The predicted octanol–water partition coefficient (Wildman–Crippen LogP) is 3.08. The maximum Gasteiger partial charge on any atom is 0.172 e. The molecule has 0 aromatic heterocycles. The number of carbonyl (C=O) groups excluding carboxylic acids is 1. The summed E-state index contributed by atoms with van der Waals surface area (Å²) in [5, 5.41) is 0. The number of carbonyl (C=O) groups is 1. The third-order valence-electron chi connectivity index (χ3n) is 2.68. The Morgan fingerprint density at radius 3 is 2.29 bits per heavy atom. The minimum absolute atomic E-state index is 0.0502. The Hall–Kier alpha value is -1.51. The van der Waals surface area contributed by atoms with E-state index in [9.17, 15) is 4.79 Å². The minimum Gasteiger partial charge on any atom is -0.490 e. The second-order valence-electron chi connectivity index (χ2n) is 3.94. The van der Waals surface area contributed by atoms with Gasteiger partial charge in [0.1, 0.15) is 6.61 Å². The quantitative estimate of drug-likeness (QED) is 0.729. The first-order chi connectivity index (χ1) is 8.19. The highest BCUT2D eigenvalue weighted by Gasteiger charge is 2.12. The highest BCUT2D eigenvalue weighted by molar-refractivity contribution is 5.82. The van der Waals surface area contributed by atoms with Gasteiger partial charge in [0.2, 0.25) is 0 Å². The summed E-state index contributed by atoms with van der Waals surface area (Å²) in [6, 6.07) is 7.40. The van der Waals surface area contributed by atoms with Gasteiger partial charge in [0.05, 0.1) is 6.61 Å². The van der Waals surface area contributed by atoms with Crippen LogP contribution >= 0.6 is 0 Å². The van der Waals surface area contributed by atoms with Crippen LogP contribution in [0, 0.1) is 5.92 Å². The van der Waals surface area contributed by atoms with Crippen molar-refractivity contribution in [2.75, 3.05) is 13.2 Å². The molecule has 94 valence electrons. The molecule has 0 N–H and O–H groups in total. The first-order valence-electron chi connectivity index (χ1n) is 6.06. The fourth-order valence-electron chi connectivity index (χ4n) is 1.36. The van der Waals surface area contributed by atoms with Crippen molar-refractivity contribution in [1.29, 1.82) is 0 Å². The molecular formula is C14H20O3. The largest absolute Gasteiger partial charge is 0.490 e. The Bertz CT molecular complexity index is 360. The van der Waals surface area contributed by atoms with Crippen LogP contribution in [-0.4, -0.2) is 19.0 Å². The molecule has 0 spiro atoms. The van der Waals surface area contributed by atoms with E-state index in [-0.39, 0.29) is 18.3 Å². The van der Waals surface area contributed by atoms with E-state index in [0.29, 0.717) is 18.1 Å². The number of ether oxygens (including phenoxy) is 2. The molecule has 0 aliphatic carbocycles. The third-order valence-corrected chi connectivity index (χ3v) is 2.68. The van der Waals surface area contributed by atoms with E-state index < -0.39 is 0 Å². The van der Waals surface area contributed by atoms with Crippen molar-refractivity contribution in [3.05, 3.63) is 24.3 Å². The molecule has 0 bridgehead atoms. The summed E-state index contributed by atoms with van der Waals surface area (Å²) in [4.78, 5) is 11.7. The number of hydrogen-bond donors (Lipinski definition) is 0. The van der Waals surface area contributed by atoms with Crippen molar-refractivity contribution in [2.24, 2.45) is 5.92 Å². The van der Waals surface area contributed by atoms with Gasteiger partial charge in [-0.25, -0.2) is 0 Å². The lowest BCUT2D eigenvalue weighted by atomic mass is 10.1. The second-order valence-corrected chi connectivity index (χ2v) is 3.94. The van der Waals surface area contributed by atoms with E-state index in [1.54, 1.807) is 0 Å². The van der Waals surface area contributed by atoms with E-state index in [4.69, 9.17) is 9.47 Å². The summed E-state index contributed by atoms with van der Waals surface area (Å²) >= 11 is 0. The normalized spacial score (nSPS) is 11.9. The maximum atomic E-state index is 11.7. The number of rotatable bonds is 7. The lowest BCUT2D eigenvalue weighted by Crippen LogP contribution is -2.18. The SMILES string of the molecule is CCOc1ccccc1OCC(=O)C(C)CC. The fourth-order valence-corrected chi connectivity index (χ4v) is 1.36.